The largest absolute Gasteiger partial charge is 0.461 e. The van der Waals surface area contributed by atoms with Gasteiger partial charge < -0.3 is 9.64 Å². The van der Waals surface area contributed by atoms with E-state index in [9.17, 15) is 5.26 Å². The fraction of sp³-hybridized carbons (Fsp3) is 0.600. The fourth-order valence-electron chi connectivity index (χ4n) is 8.80. The summed E-state index contributed by atoms with van der Waals surface area (Å²) in [4.78, 5) is 6.29. The summed E-state index contributed by atoms with van der Waals surface area (Å²) < 4.78 is 6.71. The molecule has 3 aliphatic carbocycles. The van der Waals surface area contributed by atoms with Gasteiger partial charge in [-0.25, -0.2) is 10.1 Å². The maximum Gasteiger partial charge on any atom is 0.269 e. The van der Waals surface area contributed by atoms with Gasteiger partial charge in [-0.2, -0.15) is 0 Å². The van der Waals surface area contributed by atoms with Crippen LogP contribution in [0.3, 0.4) is 0 Å². The molecule has 3 saturated carbocycles. The summed E-state index contributed by atoms with van der Waals surface area (Å²) in [5.41, 5.74) is 7.15. The minimum atomic E-state index is -1.13. The Bertz CT molecular complexity index is 1560. The van der Waals surface area contributed by atoms with Gasteiger partial charge >= 0.3 is 0 Å². The third kappa shape index (κ3) is 5.87. The molecule has 238 valence electrons. The van der Waals surface area contributed by atoms with Crippen molar-refractivity contribution in [3.63, 3.8) is 0 Å². The van der Waals surface area contributed by atoms with Crippen LogP contribution in [0.1, 0.15) is 103 Å². The number of nitriles is 1. The van der Waals surface area contributed by atoms with Gasteiger partial charge in [0, 0.05) is 32.3 Å². The first-order valence-electron chi connectivity index (χ1n) is 17.3. The molecule has 4 nitrogen and oxygen atoms in total. The quantitative estimate of drug-likeness (QED) is 0.181. The van der Waals surface area contributed by atoms with E-state index in [0.717, 1.165) is 43.9 Å². The highest BCUT2D eigenvalue weighted by Crippen LogP contribution is 2.60. The van der Waals surface area contributed by atoms with Crippen LogP contribution in [0.5, 0.6) is 0 Å². The van der Waals surface area contributed by atoms with Crippen molar-refractivity contribution in [1.29, 1.82) is 5.26 Å². The van der Waals surface area contributed by atoms with E-state index in [2.05, 4.69) is 94.4 Å². The molecule has 3 fully saturated rings. The van der Waals surface area contributed by atoms with Crippen molar-refractivity contribution >= 4 is 19.8 Å². The Morgan fingerprint density at radius 1 is 1.00 bits per heavy atom. The minimum Gasteiger partial charge on any atom is -0.461 e. The summed E-state index contributed by atoms with van der Waals surface area (Å²) in [5.74, 6) is 2.33. The van der Waals surface area contributed by atoms with E-state index in [1.54, 1.807) is 0 Å². The number of ether oxygens (including phenoxy) is 1. The predicted molar refractivity (Wildman–Crippen MR) is 189 cm³/mol. The Balaban J connectivity index is 1.37. The number of rotatable bonds is 6. The Kier molecular flexibility index (Phi) is 7.84. The van der Waals surface area contributed by atoms with Crippen LogP contribution < -0.4 is 4.90 Å². The fourth-order valence-corrected chi connectivity index (χ4v) is 10.0. The second-order valence-electron chi connectivity index (χ2n) is 17.7. The van der Waals surface area contributed by atoms with Crippen molar-refractivity contribution in [1.82, 2.24) is 0 Å². The van der Waals surface area contributed by atoms with Crippen LogP contribution in [0.25, 0.3) is 10.9 Å². The number of fused-ring (bicyclic) bond motifs is 3. The van der Waals surface area contributed by atoms with Crippen molar-refractivity contribution in [3.05, 3.63) is 81.3 Å². The minimum absolute atomic E-state index is 0.0113. The lowest BCUT2D eigenvalue weighted by molar-refractivity contribution is -0.00270. The van der Waals surface area contributed by atoms with E-state index in [0.29, 0.717) is 16.9 Å². The van der Waals surface area contributed by atoms with Crippen LogP contribution in [0.15, 0.2) is 53.1 Å². The number of benzene rings is 1. The number of hydrogen-bond donors (Lipinski definition) is 0. The lowest BCUT2D eigenvalue weighted by Crippen LogP contribution is -2.50. The molecule has 0 saturated heterocycles. The van der Waals surface area contributed by atoms with E-state index >= 15 is 0 Å². The number of nitrogens with zero attached hydrogens (tertiary/aromatic N) is 3. The lowest BCUT2D eigenvalue weighted by Gasteiger charge is -2.52. The van der Waals surface area contributed by atoms with Gasteiger partial charge in [0.05, 0.1) is 12.6 Å². The van der Waals surface area contributed by atoms with E-state index in [4.69, 9.17) is 11.3 Å². The van der Waals surface area contributed by atoms with Gasteiger partial charge in [-0.15, -0.1) is 0 Å². The summed E-state index contributed by atoms with van der Waals surface area (Å²) in [6.07, 6.45) is 17.7. The molecule has 0 aromatic heterocycles. The molecule has 1 aromatic carbocycles. The number of hydrogen-bond acceptors (Lipinski definition) is 3. The first kappa shape index (κ1) is 31.9. The first-order valence-corrected chi connectivity index (χ1v) is 21.0. The normalized spacial score (nSPS) is 30.9. The molecule has 5 heteroatoms. The molecular formula is C40H53N3OSi. The molecule has 2 bridgehead atoms. The SMILES string of the molecule is [C-]#[N+]/C(C#N)=C1C=C(/C=C/c2cc3c4c(c2)C(C)(C)C(CC[Si](C)(C)C)CN4CCC3(C)C)OC(C23CCC(C)(CC2)CC3)=C\1. The molecule has 6 aliphatic rings. The molecule has 45 heavy (non-hydrogen) atoms. The van der Waals surface area contributed by atoms with Crippen LogP contribution in [0.4, 0.5) is 5.69 Å². The van der Waals surface area contributed by atoms with Crippen LogP contribution in [-0.4, -0.2) is 21.2 Å². The number of anilines is 1. The van der Waals surface area contributed by atoms with Crippen molar-refractivity contribution in [2.24, 2.45) is 16.7 Å². The van der Waals surface area contributed by atoms with Gasteiger partial charge in [0.1, 0.15) is 11.5 Å². The topological polar surface area (TPSA) is 40.6 Å². The smallest absolute Gasteiger partial charge is 0.269 e. The maximum atomic E-state index is 9.79. The van der Waals surface area contributed by atoms with Crippen molar-refractivity contribution in [2.45, 2.75) is 123 Å². The zero-order valence-electron chi connectivity index (χ0n) is 29.1. The molecular weight excluding hydrogens is 567 g/mol. The molecule has 1 atom stereocenters. The molecule has 7 rings (SSSR count). The number of allylic oxidation sites excluding steroid dienone is 6. The van der Waals surface area contributed by atoms with Crippen molar-refractivity contribution in [3.8, 4) is 6.07 Å². The molecule has 1 unspecified atom stereocenters. The highest BCUT2D eigenvalue weighted by Gasteiger charge is 2.50. The van der Waals surface area contributed by atoms with Crippen molar-refractivity contribution < 1.29 is 4.74 Å². The summed E-state index contributed by atoms with van der Waals surface area (Å²) in [5, 5.41) is 9.79. The van der Waals surface area contributed by atoms with Gasteiger partial charge in [-0.1, -0.05) is 72.8 Å². The highest BCUT2D eigenvalue weighted by molar-refractivity contribution is 6.76. The zero-order valence-corrected chi connectivity index (χ0v) is 30.1. The Morgan fingerprint density at radius 2 is 1.67 bits per heavy atom. The second kappa shape index (κ2) is 11.1. The monoisotopic (exact) mass is 619 g/mol. The van der Waals surface area contributed by atoms with E-state index in [1.165, 1.54) is 60.5 Å². The summed E-state index contributed by atoms with van der Waals surface area (Å²) in [7, 11) is -1.13. The maximum absolute atomic E-state index is 9.79. The summed E-state index contributed by atoms with van der Waals surface area (Å²) >= 11 is 0. The van der Waals surface area contributed by atoms with Gasteiger partial charge in [0.2, 0.25) is 0 Å². The predicted octanol–water partition coefficient (Wildman–Crippen LogP) is 10.7. The van der Waals surface area contributed by atoms with E-state index in [-0.39, 0.29) is 21.9 Å². The molecule has 0 amide bonds. The van der Waals surface area contributed by atoms with Gasteiger partial charge in [0.25, 0.3) is 5.70 Å². The van der Waals surface area contributed by atoms with Gasteiger partial charge in [-0.05, 0) is 120 Å². The van der Waals surface area contributed by atoms with Crippen LogP contribution in [0.2, 0.25) is 25.7 Å². The van der Waals surface area contributed by atoms with Crippen LogP contribution in [0, 0.1) is 34.7 Å². The molecule has 1 aromatic rings. The zero-order chi connectivity index (χ0) is 32.4. The third-order valence-electron chi connectivity index (χ3n) is 12.5. The molecule has 3 aliphatic heterocycles. The van der Waals surface area contributed by atoms with Gasteiger partial charge in [0.15, 0.2) is 0 Å². The Hall–Kier alpha value is -3.02. The molecule has 3 heterocycles. The standard InChI is InChI=1S/C40H53N3OSi/c1-37(2)19-20-43-27-30(12-21-45(7,8)9)38(3,4)33-23-28(22-32(37)36(33)43)10-11-31-24-29(34(26-41)42-6)25-35(44-31)40-16-13-39(5,14-17-40)15-18-40/h10-11,22-25,30H,12-21,27H2,1-5,7-9H3/b11-10+,34-29+. The summed E-state index contributed by atoms with van der Waals surface area (Å²) in [6, 6.07) is 8.37. The molecule has 0 N–H and O–H groups in total. The molecule has 0 spiro atoms. The van der Waals surface area contributed by atoms with E-state index < -0.39 is 8.07 Å². The lowest BCUT2D eigenvalue weighted by atomic mass is 9.53. The van der Waals surface area contributed by atoms with Crippen molar-refractivity contribution in [2.75, 3.05) is 18.0 Å². The third-order valence-corrected chi connectivity index (χ3v) is 14.3. The highest BCUT2D eigenvalue weighted by atomic mass is 28.3. The Morgan fingerprint density at radius 3 is 2.29 bits per heavy atom. The van der Waals surface area contributed by atoms with Crippen LogP contribution >= 0.6 is 0 Å². The average Bonchev–Trinajstić information content (AvgIpc) is 2.99. The average molecular weight is 620 g/mol. The van der Waals surface area contributed by atoms with E-state index in [1.807, 2.05) is 12.2 Å². The molecule has 0 radical (unpaired) electrons. The summed E-state index contributed by atoms with van der Waals surface area (Å²) in [6.45, 7) is 29.7. The first-order chi connectivity index (χ1) is 21.1. The second-order valence-corrected chi connectivity index (χ2v) is 23.3. The Labute approximate surface area is 273 Å². The van der Waals surface area contributed by atoms with Crippen LogP contribution in [-0.2, 0) is 15.6 Å². The van der Waals surface area contributed by atoms with Gasteiger partial charge in [-0.3, -0.25) is 0 Å².